The predicted molar refractivity (Wildman–Crippen MR) is 112 cm³/mol. The summed E-state index contributed by atoms with van der Waals surface area (Å²) in [6.45, 7) is 6.43. The molecule has 9 nitrogen and oxygen atoms in total. The van der Waals surface area contributed by atoms with E-state index in [2.05, 4.69) is 52.1 Å². The zero-order valence-corrected chi connectivity index (χ0v) is 18.2. The SMILES string of the molecule is CC(C)OC1=CC[C@H]2NN[C@@H]([C@H]3C=C(N4CCN(S(C)(=O)=O)CC4)N=CN3)[C@H]2C1. The van der Waals surface area contributed by atoms with Crippen LogP contribution in [-0.4, -0.2) is 80.6 Å². The van der Waals surface area contributed by atoms with E-state index >= 15 is 0 Å². The Kier molecular flexibility index (Phi) is 5.87. The lowest BCUT2D eigenvalue weighted by molar-refractivity contribution is 0.121. The van der Waals surface area contributed by atoms with Gasteiger partial charge in [-0.3, -0.25) is 10.9 Å². The van der Waals surface area contributed by atoms with Gasteiger partial charge in [0.25, 0.3) is 0 Å². The maximum atomic E-state index is 11.7. The largest absolute Gasteiger partial charge is 0.496 e. The van der Waals surface area contributed by atoms with E-state index in [1.807, 2.05) is 0 Å². The summed E-state index contributed by atoms with van der Waals surface area (Å²) in [6.07, 6.45) is 9.47. The number of sulfonamides is 1. The lowest BCUT2D eigenvalue weighted by Crippen LogP contribution is -2.51. The number of nitrogens with one attached hydrogen (secondary N) is 3. The van der Waals surface area contributed by atoms with Crippen LogP contribution in [0, 0.1) is 5.92 Å². The number of nitrogens with zero attached hydrogens (tertiary/aromatic N) is 3. The summed E-state index contributed by atoms with van der Waals surface area (Å²) in [5.41, 5.74) is 6.92. The lowest BCUT2D eigenvalue weighted by Gasteiger charge is -2.37. The van der Waals surface area contributed by atoms with Crippen LogP contribution in [0.25, 0.3) is 0 Å². The van der Waals surface area contributed by atoms with Crippen molar-refractivity contribution in [3.8, 4) is 0 Å². The third kappa shape index (κ3) is 4.60. The molecule has 4 rings (SSSR count). The van der Waals surface area contributed by atoms with Gasteiger partial charge in [0.05, 0.1) is 36.5 Å². The Hall–Kier alpha value is -1.62. The molecule has 10 heteroatoms. The molecule has 0 aromatic heterocycles. The third-order valence-corrected chi connectivity index (χ3v) is 7.35. The highest BCUT2D eigenvalue weighted by Crippen LogP contribution is 2.33. The predicted octanol–water partition coefficient (Wildman–Crippen LogP) is -0.0310. The van der Waals surface area contributed by atoms with E-state index in [-0.39, 0.29) is 18.2 Å². The highest BCUT2D eigenvalue weighted by molar-refractivity contribution is 7.88. The average molecular weight is 425 g/mol. The summed E-state index contributed by atoms with van der Waals surface area (Å²) in [5.74, 6) is 2.43. The molecule has 3 N–H and O–H groups in total. The lowest BCUT2D eigenvalue weighted by atomic mass is 9.81. The molecule has 0 spiro atoms. The van der Waals surface area contributed by atoms with E-state index in [4.69, 9.17) is 4.74 Å². The number of aliphatic imine (C=N–C) groups is 1. The van der Waals surface area contributed by atoms with Crippen molar-refractivity contribution in [3.05, 3.63) is 23.7 Å². The molecule has 4 aliphatic rings. The van der Waals surface area contributed by atoms with Crippen molar-refractivity contribution in [1.29, 1.82) is 0 Å². The van der Waals surface area contributed by atoms with E-state index < -0.39 is 10.0 Å². The van der Waals surface area contributed by atoms with Crippen LogP contribution in [0.5, 0.6) is 0 Å². The van der Waals surface area contributed by atoms with Crippen LogP contribution in [0.15, 0.2) is 28.7 Å². The molecule has 0 aromatic carbocycles. The van der Waals surface area contributed by atoms with Gasteiger partial charge in [0.1, 0.15) is 5.82 Å². The first kappa shape index (κ1) is 20.6. The first-order valence-corrected chi connectivity index (χ1v) is 12.2. The Balaban J connectivity index is 1.41. The van der Waals surface area contributed by atoms with Crippen molar-refractivity contribution in [3.63, 3.8) is 0 Å². The van der Waals surface area contributed by atoms with Crippen molar-refractivity contribution in [1.82, 2.24) is 25.4 Å². The normalized spacial score (nSPS) is 33.2. The van der Waals surface area contributed by atoms with Gasteiger partial charge in [0.15, 0.2) is 0 Å². The number of hydrogen-bond donors (Lipinski definition) is 3. The van der Waals surface area contributed by atoms with Crippen LogP contribution in [0.1, 0.15) is 26.7 Å². The number of hydrogen-bond acceptors (Lipinski definition) is 8. The number of rotatable bonds is 5. The second-order valence-electron chi connectivity index (χ2n) is 8.49. The third-order valence-electron chi connectivity index (χ3n) is 6.05. The highest BCUT2D eigenvalue weighted by atomic mass is 32.2. The molecule has 0 radical (unpaired) electrons. The molecule has 0 unspecified atom stereocenters. The fourth-order valence-electron chi connectivity index (χ4n) is 4.58. The standard InChI is InChI=1S/C19H32N6O3S/c1-13(2)28-14-4-5-16-15(10-14)19(23-22-16)17-11-18(21-12-20-17)24-6-8-25(9-7-24)29(3,26)27/h4,11-13,15-17,19,22-23H,5-10H2,1-3H3,(H,20,21)/t15-,16+,17+,19+/m0/s1. The van der Waals surface area contributed by atoms with E-state index in [1.54, 1.807) is 6.34 Å². The van der Waals surface area contributed by atoms with Gasteiger partial charge in [0.2, 0.25) is 10.0 Å². The van der Waals surface area contributed by atoms with Crippen molar-refractivity contribution in [2.24, 2.45) is 10.9 Å². The summed E-state index contributed by atoms with van der Waals surface area (Å²) < 4.78 is 31.0. The van der Waals surface area contributed by atoms with E-state index in [9.17, 15) is 8.42 Å². The van der Waals surface area contributed by atoms with Gasteiger partial charge in [-0.05, 0) is 32.4 Å². The quantitative estimate of drug-likeness (QED) is 0.570. The van der Waals surface area contributed by atoms with E-state index in [0.717, 1.165) is 24.4 Å². The van der Waals surface area contributed by atoms with Crippen LogP contribution in [-0.2, 0) is 14.8 Å². The maximum absolute atomic E-state index is 11.7. The summed E-state index contributed by atoms with van der Waals surface area (Å²) in [5, 5.41) is 3.39. The van der Waals surface area contributed by atoms with Crippen LogP contribution in [0.4, 0.5) is 0 Å². The highest BCUT2D eigenvalue weighted by Gasteiger charge is 2.42. The van der Waals surface area contributed by atoms with E-state index in [0.29, 0.717) is 38.1 Å². The molecule has 1 aliphatic carbocycles. The molecule has 2 saturated heterocycles. The van der Waals surface area contributed by atoms with Crippen molar-refractivity contribution in [2.75, 3.05) is 32.4 Å². The molecule has 0 saturated carbocycles. The Morgan fingerprint density at radius 1 is 1.21 bits per heavy atom. The zero-order chi connectivity index (χ0) is 20.6. The Morgan fingerprint density at radius 3 is 2.66 bits per heavy atom. The summed E-state index contributed by atoms with van der Waals surface area (Å²) in [6, 6.07) is 0.727. The van der Waals surface area contributed by atoms with Crippen LogP contribution in [0.2, 0.25) is 0 Å². The summed E-state index contributed by atoms with van der Waals surface area (Å²) in [7, 11) is -3.13. The number of allylic oxidation sites excluding steroid dienone is 1. The molecule has 0 amide bonds. The maximum Gasteiger partial charge on any atom is 0.211 e. The Morgan fingerprint density at radius 2 is 1.97 bits per heavy atom. The fraction of sp³-hybridized carbons (Fsp3) is 0.737. The fourth-order valence-corrected chi connectivity index (χ4v) is 5.41. The number of ether oxygens (including phenoxy) is 1. The summed E-state index contributed by atoms with van der Waals surface area (Å²) in [4.78, 5) is 6.69. The minimum absolute atomic E-state index is 0.108. The second-order valence-corrected chi connectivity index (χ2v) is 10.5. The average Bonchev–Trinajstić information content (AvgIpc) is 3.10. The smallest absolute Gasteiger partial charge is 0.211 e. The molecule has 3 aliphatic heterocycles. The van der Waals surface area contributed by atoms with E-state index in [1.165, 1.54) is 10.6 Å². The van der Waals surface area contributed by atoms with Gasteiger partial charge in [-0.15, -0.1) is 0 Å². The number of fused-ring (bicyclic) bond motifs is 1. The monoisotopic (exact) mass is 424 g/mol. The zero-order valence-electron chi connectivity index (χ0n) is 17.3. The minimum atomic E-state index is -3.13. The van der Waals surface area contributed by atoms with Crippen LogP contribution < -0.4 is 16.2 Å². The molecule has 29 heavy (non-hydrogen) atoms. The van der Waals surface area contributed by atoms with Crippen molar-refractivity contribution < 1.29 is 13.2 Å². The topological polar surface area (TPSA) is 98.3 Å². The molecule has 3 heterocycles. The van der Waals surface area contributed by atoms with Gasteiger partial charge in [-0.2, -0.15) is 4.31 Å². The Labute approximate surface area is 173 Å². The van der Waals surface area contributed by atoms with Crippen molar-refractivity contribution in [2.45, 2.75) is 50.9 Å². The molecule has 0 bridgehead atoms. The molecule has 4 atom stereocenters. The van der Waals surface area contributed by atoms with Gasteiger partial charge in [0, 0.05) is 44.6 Å². The van der Waals surface area contributed by atoms with Gasteiger partial charge >= 0.3 is 0 Å². The summed E-state index contributed by atoms with van der Waals surface area (Å²) >= 11 is 0. The van der Waals surface area contributed by atoms with Gasteiger partial charge in [-0.25, -0.2) is 13.4 Å². The molecular weight excluding hydrogens is 392 g/mol. The number of piperazine rings is 1. The van der Waals surface area contributed by atoms with Crippen LogP contribution in [0.3, 0.4) is 0 Å². The molecular formula is C19H32N6O3S. The molecule has 0 aromatic rings. The minimum Gasteiger partial charge on any atom is -0.496 e. The van der Waals surface area contributed by atoms with Gasteiger partial charge < -0.3 is 15.0 Å². The van der Waals surface area contributed by atoms with Gasteiger partial charge in [-0.1, -0.05) is 0 Å². The van der Waals surface area contributed by atoms with Crippen LogP contribution >= 0.6 is 0 Å². The first-order valence-electron chi connectivity index (χ1n) is 10.4. The Bertz CT molecular complexity index is 801. The van der Waals surface area contributed by atoms with Crippen molar-refractivity contribution >= 4 is 16.4 Å². The molecule has 162 valence electrons. The second kappa shape index (κ2) is 8.25. The first-order chi connectivity index (χ1) is 13.8. The number of hydrazine groups is 1. The molecule has 2 fully saturated rings.